The number of Topliss-reactive ketones (excluding diaryl/α,β-unsaturated/α-hetero) is 1. The van der Waals surface area contributed by atoms with E-state index in [4.69, 9.17) is 5.11 Å². The first-order chi connectivity index (χ1) is 8.00. The molecule has 1 aliphatic carbocycles. The smallest absolute Gasteiger partial charge is 0.307 e. The maximum Gasteiger partial charge on any atom is 0.307 e. The minimum absolute atomic E-state index is 0.0304. The van der Waals surface area contributed by atoms with E-state index >= 15 is 0 Å². The van der Waals surface area contributed by atoms with Crippen molar-refractivity contribution in [3.8, 4) is 0 Å². The second-order valence-electron chi connectivity index (χ2n) is 5.64. The molecule has 0 aromatic rings. The van der Waals surface area contributed by atoms with Crippen molar-refractivity contribution >= 4 is 11.8 Å². The summed E-state index contributed by atoms with van der Waals surface area (Å²) in [5.74, 6) is -0.665. The van der Waals surface area contributed by atoms with E-state index in [0.717, 1.165) is 12.8 Å². The van der Waals surface area contributed by atoms with Gasteiger partial charge in [0.25, 0.3) is 0 Å². The summed E-state index contributed by atoms with van der Waals surface area (Å²) < 4.78 is 0. The summed E-state index contributed by atoms with van der Waals surface area (Å²) in [6.45, 7) is 3.74. The van der Waals surface area contributed by atoms with Crippen LogP contribution in [0.5, 0.6) is 0 Å². The predicted molar refractivity (Wildman–Crippen MR) is 66.8 cm³/mol. The SMILES string of the molecule is CC(C)[C@H](CC(=O)CC1CCCCC1)C(=O)O. The summed E-state index contributed by atoms with van der Waals surface area (Å²) in [6, 6.07) is 0. The van der Waals surface area contributed by atoms with Crippen molar-refractivity contribution in [2.75, 3.05) is 0 Å². The van der Waals surface area contributed by atoms with Crippen LogP contribution in [0, 0.1) is 17.8 Å². The Morgan fingerprint density at radius 1 is 1.18 bits per heavy atom. The van der Waals surface area contributed by atoms with Gasteiger partial charge < -0.3 is 5.11 Å². The van der Waals surface area contributed by atoms with Gasteiger partial charge >= 0.3 is 5.97 Å². The van der Waals surface area contributed by atoms with E-state index in [0.29, 0.717) is 12.3 Å². The van der Waals surface area contributed by atoms with Crippen molar-refractivity contribution in [1.82, 2.24) is 0 Å². The van der Waals surface area contributed by atoms with Gasteiger partial charge in [0.05, 0.1) is 5.92 Å². The molecular weight excluding hydrogens is 216 g/mol. The quantitative estimate of drug-likeness (QED) is 0.775. The van der Waals surface area contributed by atoms with Gasteiger partial charge in [0.1, 0.15) is 5.78 Å². The third-order valence-corrected chi connectivity index (χ3v) is 3.81. The molecule has 1 atom stereocenters. The zero-order valence-electron chi connectivity index (χ0n) is 10.9. The number of aliphatic carboxylic acids is 1. The fourth-order valence-electron chi connectivity index (χ4n) is 2.65. The number of carbonyl (C=O) groups excluding carboxylic acids is 1. The summed E-state index contributed by atoms with van der Waals surface area (Å²) in [7, 11) is 0. The number of carbonyl (C=O) groups is 2. The van der Waals surface area contributed by atoms with Crippen molar-refractivity contribution in [2.24, 2.45) is 17.8 Å². The molecule has 0 unspecified atom stereocenters. The van der Waals surface area contributed by atoms with Crippen molar-refractivity contribution in [2.45, 2.75) is 58.8 Å². The molecule has 0 heterocycles. The highest BCUT2D eigenvalue weighted by Crippen LogP contribution is 2.28. The molecule has 1 saturated carbocycles. The third kappa shape index (κ3) is 4.88. The molecule has 0 radical (unpaired) electrons. The molecular formula is C14H24O3. The summed E-state index contributed by atoms with van der Waals surface area (Å²) >= 11 is 0. The van der Waals surface area contributed by atoms with Crippen LogP contribution in [0.2, 0.25) is 0 Å². The lowest BCUT2D eigenvalue weighted by Crippen LogP contribution is -2.24. The molecule has 1 aliphatic rings. The maximum atomic E-state index is 11.9. The van der Waals surface area contributed by atoms with Gasteiger partial charge in [-0.05, 0) is 11.8 Å². The van der Waals surface area contributed by atoms with Gasteiger partial charge in [-0.3, -0.25) is 9.59 Å². The topological polar surface area (TPSA) is 54.4 Å². The van der Waals surface area contributed by atoms with Crippen LogP contribution >= 0.6 is 0 Å². The molecule has 0 saturated heterocycles. The number of carboxylic acid groups (broad SMARTS) is 1. The molecule has 0 aromatic carbocycles. The van der Waals surface area contributed by atoms with Gasteiger partial charge in [-0.2, -0.15) is 0 Å². The Kier molecular flexibility index (Phi) is 5.66. The highest BCUT2D eigenvalue weighted by molar-refractivity contribution is 5.84. The fourth-order valence-corrected chi connectivity index (χ4v) is 2.65. The number of rotatable bonds is 6. The Balaban J connectivity index is 2.38. The minimum atomic E-state index is -0.836. The second-order valence-corrected chi connectivity index (χ2v) is 5.64. The van der Waals surface area contributed by atoms with Crippen LogP contribution in [-0.2, 0) is 9.59 Å². The van der Waals surface area contributed by atoms with Crippen LogP contribution in [0.15, 0.2) is 0 Å². The average molecular weight is 240 g/mol. The Labute approximate surface area is 104 Å². The van der Waals surface area contributed by atoms with Crippen molar-refractivity contribution < 1.29 is 14.7 Å². The van der Waals surface area contributed by atoms with Gasteiger partial charge in [-0.25, -0.2) is 0 Å². The molecule has 1 N–H and O–H groups in total. The predicted octanol–water partition coefficient (Wildman–Crippen LogP) is 3.27. The first-order valence-corrected chi connectivity index (χ1v) is 6.75. The molecule has 0 aromatic heterocycles. The van der Waals surface area contributed by atoms with Gasteiger partial charge in [0.15, 0.2) is 0 Å². The zero-order valence-corrected chi connectivity index (χ0v) is 10.9. The van der Waals surface area contributed by atoms with Gasteiger partial charge in [-0.15, -0.1) is 0 Å². The molecule has 0 bridgehead atoms. The Morgan fingerprint density at radius 3 is 2.24 bits per heavy atom. The fraction of sp³-hybridized carbons (Fsp3) is 0.857. The molecule has 0 spiro atoms. The Morgan fingerprint density at radius 2 is 1.76 bits per heavy atom. The molecule has 98 valence electrons. The molecule has 1 fully saturated rings. The highest BCUT2D eigenvalue weighted by Gasteiger charge is 2.26. The van der Waals surface area contributed by atoms with Gasteiger partial charge in [0.2, 0.25) is 0 Å². The van der Waals surface area contributed by atoms with Crippen LogP contribution in [0.25, 0.3) is 0 Å². The first kappa shape index (κ1) is 14.2. The lowest BCUT2D eigenvalue weighted by molar-refractivity contribution is -0.145. The van der Waals surface area contributed by atoms with Crippen LogP contribution < -0.4 is 0 Å². The van der Waals surface area contributed by atoms with E-state index in [1.54, 1.807) is 0 Å². The lowest BCUT2D eigenvalue weighted by Gasteiger charge is -2.22. The molecule has 1 rings (SSSR count). The minimum Gasteiger partial charge on any atom is -0.481 e. The van der Waals surface area contributed by atoms with Crippen molar-refractivity contribution in [3.05, 3.63) is 0 Å². The van der Waals surface area contributed by atoms with Crippen LogP contribution in [0.4, 0.5) is 0 Å². The Hall–Kier alpha value is -0.860. The maximum absolute atomic E-state index is 11.9. The molecule has 17 heavy (non-hydrogen) atoms. The van der Waals surface area contributed by atoms with Gasteiger partial charge in [0, 0.05) is 12.8 Å². The summed E-state index contributed by atoms with van der Waals surface area (Å²) in [6.07, 6.45) is 6.83. The van der Waals surface area contributed by atoms with Gasteiger partial charge in [-0.1, -0.05) is 46.0 Å². The largest absolute Gasteiger partial charge is 0.481 e. The Bertz CT molecular complexity index is 265. The lowest BCUT2D eigenvalue weighted by atomic mass is 9.83. The molecule has 3 heteroatoms. The summed E-state index contributed by atoms with van der Waals surface area (Å²) in [5, 5.41) is 9.05. The van der Waals surface area contributed by atoms with E-state index in [1.807, 2.05) is 13.8 Å². The summed E-state index contributed by atoms with van der Waals surface area (Å²) in [5.41, 5.74) is 0. The highest BCUT2D eigenvalue weighted by atomic mass is 16.4. The van der Waals surface area contributed by atoms with E-state index in [2.05, 4.69) is 0 Å². The number of carboxylic acids is 1. The first-order valence-electron chi connectivity index (χ1n) is 6.75. The van der Waals surface area contributed by atoms with E-state index in [1.165, 1.54) is 19.3 Å². The number of hydrogen-bond donors (Lipinski definition) is 1. The normalized spacial score (nSPS) is 19.2. The van der Waals surface area contributed by atoms with Crippen molar-refractivity contribution in [1.29, 1.82) is 0 Å². The summed E-state index contributed by atoms with van der Waals surface area (Å²) in [4.78, 5) is 22.9. The van der Waals surface area contributed by atoms with Crippen LogP contribution in [0.1, 0.15) is 58.8 Å². The second kappa shape index (κ2) is 6.77. The number of hydrogen-bond acceptors (Lipinski definition) is 2. The van der Waals surface area contributed by atoms with E-state index in [9.17, 15) is 9.59 Å². The van der Waals surface area contributed by atoms with E-state index in [-0.39, 0.29) is 18.1 Å². The van der Waals surface area contributed by atoms with Crippen LogP contribution in [-0.4, -0.2) is 16.9 Å². The van der Waals surface area contributed by atoms with Crippen LogP contribution in [0.3, 0.4) is 0 Å². The molecule has 0 aliphatic heterocycles. The standard InChI is InChI=1S/C14H24O3/c1-10(2)13(14(16)17)9-12(15)8-11-6-4-3-5-7-11/h10-11,13H,3-9H2,1-2H3,(H,16,17)/t13-/m0/s1. The third-order valence-electron chi connectivity index (χ3n) is 3.81. The monoisotopic (exact) mass is 240 g/mol. The van der Waals surface area contributed by atoms with E-state index < -0.39 is 11.9 Å². The number of ketones is 1. The van der Waals surface area contributed by atoms with Crippen molar-refractivity contribution in [3.63, 3.8) is 0 Å². The average Bonchev–Trinajstić information content (AvgIpc) is 2.26. The molecule has 0 amide bonds. The zero-order chi connectivity index (χ0) is 12.8. The molecule has 3 nitrogen and oxygen atoms in total.